The van der Waals surface area contributed by atoms with Gasteiger partial charge in [-0.25, -0.2) is 0 Å². The Hall–Kier alpha value is -1.55. The number of aryl methyl sites for hydroxylation is 1. The molecule has 3 nitrogen and oxygen atoms in total. The van der Waals surface area contributed by atoms with Gasteiger partial charge in [0, 0.05) is 10.9 Å². The minimum Gasteiger partial charge on any atom is -0.508 e. The van der Waals surface area contributed by atoms with Crippen molar-refractivity contribution in [3.05, 3.63) is 40.4 Å². The number of halogens is 1. The van der Waals surface area contributed by atoms with E-state index in [0.717, 1.165) is 20.8 Å². The first kappa shape index (κ1) is 11.9. The van der Waals surface area contributed by atoms with Crippen molar-refractivity contribution >= 4 is 32.7 Å². The van der Waals surface area contributed by atoms with Crippen LogP contribution in [-0.2, 0) is 11.2 Å². The molecule has 0 aromatic heterocycles. The second kappa shape index (κ2) is 4.75. The summed E-state index contributed by atoms with van der Waals surface area (Å²) >= 11 is 3.39. The van der Waals surface area contributed by atoms with Crippen molar-refractivity contribution in [1.29, 1.82) is 0 Å². The molecule has 0 aliphatic heterocycles. The third kappa shape index (κ3) is 2.77. The summed E-state index contributed by atoms with van der Waals surface area (Å²) in [6.45, 7) is 0. The lowest BCUT2D eigenvalue weighted by Crippen LogP contribution is -1.97. The molecule has 2 N–H and O–H groups in total. The van der Waals surface area contributed by atoms with Gasteiger partial charge in [-0.2, -0.15) is 0 Å². The van der Waals surface area contributed by atoms with Gasteiger partial charge < -0.3 is 10.2 Å². The Morgan fingerprint density at radius 1 is 1.24 bits per heavy atom. The van der Waals surface area contributed by atoms with Crippen LogP contribution in [0.15, 0.2) is 34.8 Å². The van der Waals surface area contributed by atoms with Gasteiger partial charge in [0.1, 0.15) is 5.75 Å². The quantitative estimate of drug-likeness (QED) is 0.913. The standard InChI is InChI=1S/C13H11BrO3/c14-12-7-10(15)6-9-3-1-8(5-11(9)12)2-4-13(16)17/h1,3,5-7,15H,2,4H2,(H,16,17). The maximum atomic E-state index is 10.5. The van der Waals surface area contributed by atoms with Crippen molar-refractivity contribution in [2.45, 2.75) is 12.8 Å². The number of benzene rings is 2. The molecule has 0 aliphatic rings. The van der Waals surface area contributed by atoms with E-state index in [0.29, 0.717) is 6.42 Å². The molecular formula is C13H11BrO3. The molecule has 2 aromatic rings. The second-order valence-corrected chi connectivity index (χ2v) is 4.73. The van der Waals surface area contributed by atoms with E-state index in [1.165, 1.54) is 0 Å². The topological polar surface area (TPSA) is 57.5 Å². The summed E-state index contributed by atoms with van der Waals surface area (Å²) in [6, 6.07) is 9.03. The molecule has 0 saturated heterocycles. The van der Waals surface area contributed by atoms with Gasteiger partial charge in [0.2, 0.25) is 0 Å². The lowest BCUT2D eigenvalue weighted by atomic mass is 10.0. The summed E-state index contributed by atoms with van der Waals surface area (Å²) in [5, 5.41) is 20.0. The highest BCUT2D eigenvalue weighted by Gasteiger charge is 2.04. The lowest BCUT2D eigenvalue weighted by molar-refractivity contribution is -0.136. The molecule has 88 valence electrons. The third-order valence-corrected chi connectivity index (χ3v) is 3.24. The number of carboxylic acids is 1. The zero-order valence-electron chi connectivity index (χ0n) is 8.98. The highest BCUT2D eigenvalue weighted by molar-refractivity contribution is 9.10. The molecule has 0 amide bonds. The maximum absolute atomic E-state index is 10.5. The van der Waals surface area contributed by atoms with Crippen LogP contribution in [0.5, 0.6) is 5.75 Å². The molecular weight excluding hydrogens is 284 g/mol. The molecule has 0 aliphatic carbocycles. The SMILES string of the molecule is O=C(O)CCc1ccc2cc(O)cc(Br)c2c1. The Morgan fingerprint density at radius 3 is 2.71 bits per heavy atom. The average Bonchev–Trinajstić information content (AvgIpc) is 2.26. The van der Waals surface area contributed by atoms with Gasteiger partial charge in [0.05, 0.1) is 0 Å². The van der Waals surface area contributed by atoms with Crippen LogP contribution in [0, 0.1) is 0 Å². The van der Waals surface area contributed by atoms with Crippen LogP contribution in [0.4, 0.5) is 0 Å². The minimum atomic E-state index is -0.796. The first-order valence-electron chi connectivity index (χ1n) is 5.19. The molecule has 0 heterocycles. The van der Waals surface area contributed by atoms with Crippen LogP contribution < -0.4 is 0 Å². The first-order valence-corrected chi connectivity index (χ1v) is 5.98. The number of phenolic OH excluding ortho intramolecular Hbond substituents is 1. The van der Waals surface area contributed by atoms with E-state index >= 15 is 0 Å². The van der Waals surface area contributed by atoms with Crippen LogP contribution in [0.2, 0.25) is 0 Å². The predicted octanol–water partition coefficient (Wildman–Crippen LogP) is 3.33. The highest BCUT2D eigenvalue weighted by atomic mass is 79.9. The maximum Gasteiger partial charge on any atom is 0.303 e. The molecule has 0 bridgehead atoms. The number of fused-ring (bicyclic) bond motifs is 1. The monoisotopic (exact) mass is 294 g/mol. The van der Waals surface area contributed by atoms with E-state index in [1.807, 2.05) is 18.2 Å². The summed E-state index contributed by atoms with van der Waals surface area (Å²) in [6.07, 6.45) is 0.639. The fourth-order valence-electron chi connectivity index (χ4n) is 1.75. The van der Waals surface area contributed by atoms with Crippen molar-refractivity contribution in [1.82, 2.24) is 0 Å². The summed E-state index contributed by atoms with van der Waals surface area (Å²) in [4.78, 5) is 10.5. The Labute approximate surface area is 107 Å². The molecule has 2 aromatic carbocycles. The number of carbonyl (C=O) groups is 1. The summed E-state index contributed by atoms with van der Waals surface area (Å²) in [5.41, 5.74) is 0.978. The number of rotatable bonds is 3. The molecule has 4 heteroatoms. The van der Waals surface area contributed by atoms with E-state index in [4.69, 9.17) is 5.11 Å². The van der Waals surface area contributed by atoms with E-state index in [2.05, 4.69) is 15.9 Å². The molecule has 0 unspecified atom stereocenters. The average molecular weight is 295 g/mol. The zero-order chi connectivity index (χ0) is 12.4. The van der Waals surface area contributed by atoms with E-state index in [-0.39, 0.29) is 12.2 Å². The Bertz CT molecular complexity index is 578. The number of phenols is 1. The fraction of sp³-hybridized carbons (Fsp3) is 0.154. The van der Waals surface area contributed by atoms with Gasteiger partial charge in [-0.3, -0.25) is 4.79 Å². The Balaban J connectivity index is 2.40. The third-order valence-electron chi connectivity index (χ3n) is 2.58. The largest absolute Gasteiger partial charge is 0.508 e. The predicted molar refractivity (Wildman–Crippen MR) is 69.3 cm³/mol. The first-order chi connectivity index (χ1) is 8.06. The number of aliphatic carboxylic acids is 1. The second-order valence-electron chi connectivity index (χ2n) is 3.88. The van der Waals surface area contributed by atoms with Gasteiger partial charge in [-0.05, 0) is 34.9 Å². The van der Waals surface area contributed by atoms with E-state index in [1.54, 1.807) is 12.1 Å². The lowest BCUT2D eigenvalue weighted by Gasteiger charge is -2.05. The van der Waals surface area contributed by atoms with Crippen LogP contribution in [0.25, 0.3) is 10.8 Å². The van der Waals surface area contributed by atoms with E-state index in [9.17, 15) is 9.90 Å². The summed E-state index contributed by atoms with van der Waals surface area (Å²) in [7, 11) is 0. The van der Waals surface area contributed by atoms with Gasteiger partial charge in [-0.15, -0.1) is 0 Å². The number of aromatic hydroxyl groups is 1. The van der Waals surface area contributed by atoms with Gasteiger partial charge in [0.25, 0.3) is 0 Å². The summed E-state index contributed by atoms with van der Waals surface area (Å²) in [5.74, 6) is -0.586. The minimum absolute atomic E-state index is 0.126. The number of hydrogen-bond donors (Lipinski definition) is 2. The van der Waals surface area contributed by atoms with Crippen LogP contribution in [0.3, 0.4) is 0 Å². The van der Waals surface area contributed by atoms with Crippen molar-refractivity contribution in [3.8, 4) is 5.75 Å². The van der Waals surface area contributed by atoms with E-state index < -0.39 is 5.97 Å². The highest BCUT2D eigenvalue weighted by Crippen LogP contribution is 2.29. The number of hydrogen-bond acceptors (Lipinski definition) is 2. The molecule has 0 atom stereocenters. The van der Waals surface area contributed by atoms with Crippen LogP contribution >= 0.6 is 15.9 Å². The smallest absolute Gasteiger partial charge is 0.303 e. The molecule has 0 saturated carbocycles. The van der Waals surface area contributed by atoms with Gasteiger partial charge in [-0.1, -0.05) is 34.1 Å². The number of carboxylic acid groups (broad SMARTS) is 1. The normalized spacial score (nSPS) is 10.6. The Morgan fingerprint density at radius 2 is 2.00 bits per heavy atom. The van der Waals surface area contributed by atoms with Crippen molar-refractivity contribution in [2.75, 3.05) is 0 Å². The molecule has 2 rings (SSSR count). The van der Waals surface area contributed by atoms with Crippen LogP contribution in [0.1, 0.15) is 12.0 Å². The molecule has 0 spiro atoms. The molecule has 17 heavy (non-hydrogen) atoms. The van der Waals surface area contributed by atoms with Gasteiger partial charge in [0.15, 0.2) is 0 Å². The fourth-order valence-corrected chi connectivity index (χ4v) is 2.33. The van der Waals surface area contributed by atoms with Gasteiger partial charge >= 0.3 is 5.97 Å². The Kier molecular flexibility index (Phi) is 3.33. The zero-order valence-corrected chi connectivity index (χ0v) is 10.6. The van der Waals surface area contributed by atoms with Crippen molar-refractivity contribution in [3.63, 3.8) is 0 Å². The molecule has 0 fully saturated rings. The van der Waals surface area contributed by atoms with Crippen molar-refractivity contribution in [2.24, 2.45) is 0 Å². The van der Waals surface area contributed by atoms with Crippen LogP contribution in [-0.4, -0.2) is 16.2 Å². The van der Waals surface area contributed by atoms with Crippen molar-refractivity contribution < 1.29 is 15.0 Å². The summed E-state index contributed by atoms with van der Waals surface area (Å²) < 4.78 is 0.810. The molecule has 0 radical (unpaired) electrons.